The Bertz CT molecular complexity index is 2530. The molecule has 0 radical (unpaired) electrons. The van der Waals surface area contributed by atoms with Gasteiger partial charge in [0.1, 0.15) is 5.82 Å². The lowest BCUT2D eigenvalue weighted by Crippen LogP contribution is -1.89. The first-order chi connectivity index (χ1) is 31.8. The molecule has 0 fully saturated rings. The maximum absolute atomic E-state index is 12.5. The molecule has 0 saturated heterocycles. The van der Waals surface area contributed by atoms with Crippen LogP contribution in [0.1, 0.15) is 120 Å². The fourth-order valence-electron chi connectivity index (χ4n) is 5.80. The molecule has 8 heteroatoms. The first kappa shape index (κ1) is 59.6. The molecular formula is C57H71BrClFS5. The summed E-state index contributed by atoms with van der Waals surface area (Å²) >= 11 is 18.0. The molecule has 350 valence electrons. The van der Waals surface area contributed by atoms with Crippen molar-refractivity contribution in [1.29, 1.82) is 0 Å². The van der Waals surface area contributed by atoms with Gasteiger partial charge in [0.25, 0.3) is 0 Å². The monoisotopic (exact) mass is 1050 g/mol. The van der Waals surface area contributed by atoms with Crippen LogP contribution in [0.25, 0.3) is 50.4 Å². The van der Waals surface area contributed by atoms with E-state index in [1.165, 1.54) is 76.8 Å². The van der Waals surface area contributed by atoms with Crippen LogP contribution in [0.15, 0.2) is 153 Å². The number of thiophene rings is 5. The number of fused-ring (bicyclic) bond motifs is 5. The third-order valence-electron chi connectivity index (χ3n) is 8.96. The molecule has 0 aliphatic carbocycles. The van der Waals surface area contributed by atoms with Crippen LogP contribution >= 0.6 is 84.2 Å². The second kappa shape index (κ2) is 35.7. The van der Waals surface area contributed by atoms with Gasteiger partial charge in [-0.25, -0.2) is 4.39 Å². The van der Waals surface area contributed by atoms with Gasteiger partial charge in [-0.15, -0.1) is 56.7 Å². The molecule has 0 spiro atoms. The summed E-state index contributed by atoms with van der Waals surface area (Å²) in [4.78, 5) is 0. The molecule has 1 atom stereocenters. The van der Waals surface area contributed by atoms with E-state index in [1.54, 1.807) is 46.1 Å². The second-order valence-corrected chi connectivity index (χ2v) is 19.0. The normalized spacial score (nSPS) is 9.97. The number of aryl methyl sites for hydroxylation is 1. The molecular weight excluding hydrogens is 979 g/mol. The van der Waals surface area contributed by atoms with E-state index < -0.39 is 0 Å². The van der Waals surface area contributed by atoms with Gasteiger partial charge in [0, 0.05) is 33.0 Å². The van der Waals surface area contributed by atoms with Crippen LogP contribution < -0.4 is 0 Å². The lowest BCUT2D eigenvalue weighted by atomic mass is 9.98. The van der Waals surface area contributed by atoms with Crippen molar-refractivity contribution in [3.8, 4) is 0 Å². The van der Waals surface area contributed by atoms with E-state index in [4.69, 9.17) is 11.6 Å². The van der Waals surface area contributed by atoms with Gasteiger partial charge < -0.3 is 0 Å². The third kappa shape index (κ3) is 20.6. The van der Waals surface area contributed by atoms with Crippen LogP contribution in [0.3, 0.4) is 0 Å². The second-order valence-electron chi connectivity index (χ2n) is 12.9. The Morgan fingerprint density at radius 3 is 1.32 bits per heavy atom. The molecule has 10 rings (SSSR count). The molecule has 0 N–H and O–H groups in total. The van der Waals surface area contributed by atoms with Crippen molar-refractivity contribution in [2.24, 2.45) is 0 Å². The van der Waals surface area contributed by atoms with Gasteiger partial charge in [0.15, 0.2) is 0 Å². The predicted molar refractivity (Wildman–Crippen MR) is 311 cm³/mol. The van der Waals surface area contributed by atoms with Crippen LogP contribution in [0.5, 0.6) is 0 Å². The molecule has 0 aliphatic heterocycles. The van der Waals surface area contributed by atoms with Crippen LogP contribution in [0, 0.1) is 5.82 Å². The fourth-order valence-corrected chi connectivity index (χ4v) is 10.2. The van der Waals surface area contributed by atoms with Crippen LogP contribution in [0.2, 0.25) is 5.02 Å². The maximum Gasteiger partial charge on any atom is 0.123 e. The van der Waals surface area contributed by atoms with E-state index >= 15 is 0 Å². The van der Waals surface area contributed by atoms with Gasteiger partial charge in [0.05, 0.1) is 0 Å². The van der Waals surface area contributed by atoms with Gasteiger partial charge in [-0.2, -0.15) is 0 Å². The maximum atomic E-state index is 12.5. The Balaban J connectivity index is 0.000000388. The Kier molecular flexibility index (Phi) is 32.8. The van der Waals surface area contributed by atoms with Crippen LogP contribution in [-0.4, -0.2) is 0 Å². The summed E-state index contributed by atoms with van der Waals surface area (Å²) in [6.45, 7) is 26.7. The van der Waals surface area contributed by atoms with Crippen molar-refractivity contribution < 1.29 is 4.39 Å². The standard InChI is InChI=1S/C12H14S.C11H12S.C8H5BrS.C8H5ClS.C8H5FS.5C2H6/c1-3-9(2)10-4-5-12-11(8-10)6-7-13-12;1-2-3-9-4-5-11-10(8-9)6-7-12-11;3*9-7-1-2-8-6(5-7)3-4-10-8;5*1-2/h4-9H,3H2,1-2H3;4-8H,2-3H2,1H3;3*1-5H;5*1-2H3. The molecule has 65 heavy (non-hydrogen) atoms. The molecule has 0 nitrogen and oxygen atoms in total. The number of halogens is 3. The average molecular weight is 1050 g/mol. The fraction of sp³-hybridized carbons (Fsp3) is 0.298. The van der Waals surface area contributed by atoms with E-state index in [1.807, 2.05) is 122 Å². The summed E-state index contributed by atoms with van der Waals surface area (Å²) in [5.74, 6) is 0.523. The van der Waals surface area contributed by atoms with Crippen molar-refractivity contribution in [1.82, 2.24) is 0 Å². The molecule has 0 aliphatic rings. The first-order valence-corrected chi connectivity index (χ1v) is 28.7. The average Bonchev–Trinajstić information content (AvgIpc) is 4.24. The summed E-state index contributed by atoms with van der Waals surface area (Å²) < 4.78 is 20.2. The number of benzene rings is 5. The molecule has 0 amide bonds. The minimum absolute atomic E-state index is 0.161. The highest BCUT2D eigenvalue weighted by atomic mass is 79.9. The Labute approximate surface area is 425 Å². The minimum Gasteiger partial charge on any atom is -0.207 e. The van der Waals surface area contributed by atoms with Gasteiger partial charge in [0.2, 0.25) is 0 Å². The summed E-state index contributed by atoms with van der Waals surface area (Å²) in [7, 11) is 0. The number of rotatable bonds is 4. The Morgan fingerprint density at radius 2 is 0.846 bits per heavy atom. The van der Waals surface area contributed by atoms with Crippen molar-refractivity contribution in [3.63, 3.8) is 0 Å². The summed E-state index contributed by atoms with van der Waals surface area (Å²) in [5, 5.41) is 17.6. The zero-order valence-corrected chi connectivity index (χ0v) is 47.2. The Morgan fingerprint density at radius 1 is 0.462 bits per heavy atom. The molecule has 5 aromatic carbocycles. The van der Waals surface area contributed by atoms with E-state index in [0.717, 1.165) is 19.6 Å². The van der Waals surface area contributed by atoms with Crippen molar-refractivity contribution in [3.05, 3.63) is 175 Å². The highest BCUT2D eigenvalue weighted by Crippen LogP contribution is 2.28. The van der Waals surface area contributed by atoms with E-state index in [2.05, 4.69) is 137 Å². The van der Waals surface area contributed by atoms with Crippen molar-refractivity contribution >= 4 is 135 Å². The largest absolute Gasteiger partial charge is 0.207 e. The first-order valence-electron chi connectivity index (χ1n) is 23.1. The van der Waals surface area contributed by atoms with Crippen molar-refractivity contribution in [2.75, 3.05) is 0 Å². The summed E-state index contributed by atoms with van der Waals surface area (Å²) in [5.41, 5.74) is 2.93. The highest BCUT2D eigenvalue weighted by Gasteiger charge is 2.04. The number of hydrogen-bond donors (Lipinski definition) is 0. The summed E-state index contributed by atoms with van der Waals surface area (Å²) in [6.07, 6.45) is 3.65. The van der Waals surface area contributed by atoms with Crippen LogP contribution in [0.4, 0.5) is 4.39 Å². The molecule has 5 aromatic heterocycles. The summed E-state index contributed by atoms with van der Waals surface area (Å²) in [6, 6.07) is 41.2. The quantitative estimate of drug-likeness (QED) is 0.165. The minimum atomic E-state index is -0.161. The van der Waals surface area contributed by atoms with Crippen molar-refractivity contribution in [2.45, 2.75) is 115 Å². The lowest BCUT2D eigenvalue weighted by molar-refractivity contribution is 0.630. The molecule has 10 aromatic rings. The van der Waals surface area contributed by atoms with Gasteiger partial charge in [-0.05, 0) is 181 Å². The Hall–Kier alpha value is -3.40. The third-order valence-corrected chi connectivity index (χ3v) is 14.2. The zero-order valence-electron chi connectivity index (χ0n) is 40.8. The smallest absolute Gasteiger partial charge is 0.123 e. The highest BCUT2D eigenvalue weighted by molar-refractivity contribution is 9.10. The van der Waals surface area contributed by atoms with E-state index in [9.17, 15) is 4.39 Å². The van der Waals surface area contributed by atoms with E-state index in [-0.39, 0.29) is 5.82 Å². The predicted octanol–water partition coefficient (Wildman–Crippen LogP) is 23.7. The molecule has 1 unspecified atom stereocenters. The molecule has 0 saturated carbocycles. The van der Waals surface area contributed by atoms with Gasteiger partial charge >= 0.3 is 0 Å². The lowest BCUT2D eigenvalue weighted by Gasteiger charge is -2.08. The molecule has 5 heterocycles. The SMILES string of the molecule is Brc1ccc2sccc2c1.CC.CC.CC.CC.CC.CCC(C)c1ccc2sccc2c1.CCCc1ccc2sccc2c1.Clc1ccc2sccc2c1.Fc1ccc2sccc2c1. The van der Waals surface area contributed by atoms with Crippen LogP contribution in [-0.2, 0) is 6.42 Å². The van der Waals surface area contributed by atoms with Gasteiger partial charge in [-0.3, -0.25) is 0 Å². The van der Waals surface area contributed by atoms with E-state index in [0.29, 0.717) is 5.92 Å². The number of hydrogen-bond acceptors (Lipinski definition) is 5. The molecule has 0 bridgehead atoms. The van der Waals surface area contributed by atoms with Gasteiger partial charge in [-0.1, -0.05) is 148 Å². The topological polar surface area (TPSA) is 0 Å². The zero-order chi connectivity index (χ0) is 48.6.